The van der Waals surface area contributed by atoms with Gasteiger partial charge in [-0.15, -0.1) is 24.0 Å². The van der Waals surface area contributed by atoms with Gasteiger partial charge in [0.05, 0.1) is 0 Å². The van der Waals surface area contributed by atoms with Gasteiger partial charge < -0.3 is 21.1 Å². The summed E-state index contributed by atoms with van der Waals surface area (Å²) in [5.41, 5.74) is 1.58. The highest BCUT2D eigenvalue weighted by atomic mass is 127. The van der Waals surface area contributed by atoms with Crippen molar-refractivity contribution in [3.05, 3.63) is 64.7 Å². The van der Waals surface area contributed by atoms with Gasteiger partial charge in [-0.25, -0.2) is 0 Å². The van der Waals surface area contributed by atoms with E-state index in [1.165, 1.54) is 12.1 Å². The number of phenols is 1. The summed E-state index contributed by atoms with van der Waals surface area (Å²) >= 11 is 6.16. The monoisotopic (exact) mass is 516 g/mol. The van der Waals surface area contributed by atoms with E-state index in [-0.39, 0.29) is 35.6 Å². The molecule has 4 N–H and O–H groups in total. The van der Waals surface area contributed by atoms with Gasteiger partial charge in [0.15, 0.2) is 5.96 Å². The number of phenolic OH excluding ortho intramolecular Hbond substituents is 1. The summed E-state index contributed by atoms with van der Waals surface area (Å²) in [4.78, 5) is 16.5. The minimum Gasteiger partial charge on any atom is -0.508 e. The molecule has 2 rings (SSSR count). The van der Waals surface area contributed by atoms with E-state index in [0.29, 0.717) is 31.2 Å². The van der Waals surface area contributed by atoms with E-state index in [1.807, 2.05) is 31.2 Å². The van der Waals surface area contributed by atoms with Crippen molar-refractivity contribution < 1.29 is 9.90 Å². The maximum Gasteiger partial charge on any atom is 0.251 e. The number of benzene rings is 2. The number of nitrogens with one attached hydrogen (secondary N) is 3. The van der Waals surface area contributed by atoms with Gasteiger partial charge >= 0.3 is 0 Å². The zero-order chi connectivity index (χ0) is 19.5. The van der Waals surface area contributed by atoms with E-state index >= 15 is 0 Å². The summed E-state index contributed by atoms with van der Waals surface area (Å²) in [6, 6.07) is 13.9. The van der Waals surface area contributed by atoms with E-state index in [0.717, 1.165) is 23.6 Å². The average molecular weight is 517 g/mol. The van der Waals surface area contributed by atoms with E-state index in [4.69, 9.17) is 11.6 Å². The summed E-state index contributed by atoms with van der Waals surface area (Å²) in [7, 11) is 0. The summed E-state index contributed by atoms with van der Waals surface area (Å²) in [5, 5.41) is 19.2. The third kappa shape index (κ3) is 8.35. The first-order chi connectivity index (χ1) is 13.1. The average Bonchev–Trinajstić information content (AvgIpc) is 2.67. The molecule has 2 aromatic carbocycles. The van der Waals surface area contributed by atoms with Gasteiger partial charge in [-0.2, -0.15) is 0 Å². The highest BCUT2D eigenvalue weighted by Gasteiger charge is 2.05. The Morgan fingerprint density at radius 1 is 1.04 bits per heavy atom. The first kappa shape index (κ1) is 24.0. The second-order valence-corrected chi connectivity index (χ2v) is 6.24. The Balaban J connectivity index is 0.00000392. The predicted molar refractivity (Wildman–Crippen MR) is 125 cm³/mol. The molecule has 28 heavy (non-hydrogen) atoms. The molecular formula is C20H26ClIN4O2. The van der Waals surface area contributed by atoms with Gasteiger partial charge in [-0.05, 0) is 49.2 Å². The van der Waals surface area contributed by atoms with Crippen LogP contribution in [0.3, 0.4) is 0 Å². The molecule has 0 aliphatic heterocycles. The molecule has 0 unspecified atom stereocenters. The zero-order valence-electron chi connectivity index (χ0n) is 15.7. The fourth-order valence-corrected chi connectivity index (χ4v) is 2.63. The van der Waals surface area contributed by atoms with Crippen LogP contribution in [0.5, 0.6) is 5.75 Å². The largest absolute Gasteiger partial charge is 0.508 e. The Morgan fingerprint density at radius 2 is 1.71 bits per heavy atom. The van der Waals surface area contributed by atoms with Gasteiger partial charge in [-0.3, -0.25) is 9.79 Å². The Morgan fingerprint density at radius 3 is 2.39 bits per heavy atom. The first-order valence-corrected chi connectivity index (χ1v) is 9.30. The number of halogens is 2. The third-order valence-corrected chi connectivity index (χ3v) is 4.15. The van der Waals surface area contributed by atoms with Crippen molar-refractivity contribution in [2.45, 2.75) is 13.3 Å². The van der Waals surface area contributed by atoms with E-state index < -0.39 is 0 Å². The molecular weight excluding hydrogens is 491 g/mol. The molecule has 0 radical (unpaired) electrons. The summed E-state index contributed by atoms with van der Waals surface area (Å²) in [6.07, 6.45) is 0.758. The number of carbonyl (C=O) groups is 1. The number of carbonyl (C=O) groups excluding carboxylic acids is 1. The third-order valence-electron chi connectivity index (χ3n) is 3.79. The van der Waals surface area contributed by atoms with Crippen LogP contribution in [0.15, 0.2) is 53.5 Å². The maximum atomic E-state index is 12.0. The molecule has 6 nitrogen and oxygen atoms in total. The second kappa shape index (κ2) is 13.2. The summed E-state index contributed by atoms with van der Waals surface area (Å²) in [6.45, 7) is 4.35. The van der Waals surface area contributed by atoms with Gasteiger partial charge in [0.2, 0.25) is 0 Å². The van der Waals surface area contributed by atoms with Crippen LogP contribution in [-0.4, -0.2) is 43.2 Å². The van der Waals surface area contributed by atoms with E-state index in [9.17, 15) is 9.90 Å². The second-order valence-electron chi connectivity index (χ2n) is 5.83. The van der Waals surface area contributed by atoms with Crippen molar-refractivity contribution in [1.82, 2.24) is 16.0 Å². The number of nitrogens with zero attached hydrogens (tertiary/aromatic N) is 1. The molecule has 0 spiro atoms. The Bertz CT molecular complexity index is 769. The number of aliphatic imine (C=N–C) groups is 1. The molecule has 152 valence electrons. The quantitative estimate of drug-likeness (QED) is 0.188. The van der Waals surface area contributed by atoms with Crippen LogP contribution in [0.2, 0.25) is 5.02 Å². The number of hydrogen-bond acceptors (Lipinski definition) is 3. The fourth-order valence-electron chi connectivity index (χ4n) is 2.40. The van der Waals surface area contributed by atoms with Crippen molar-refractivity contribution in [3.63, 3.8) is 0 Å². The van der Waals surface area contributed by atoms with Crippen LogP contribution < -0.4 is 16.0 Å². The van der Waals surface area contributed by atoms with E-state index in [2.05, 4.69) is 20.9 Å². The van der Waals surface area contributed by atoms with Crippen LogP contribution in [0.25, 0.3) is 0 Å². The molecule has 0 fully saturated rings. The number of rotatable bonds is 8. The lowest BCUT2D eigenvalue weighted by molar-refractivity contribution is 0.0954. The van der Waals surface area contributed by atoms with Crippen LogP contribution in [0.1, 0.15) is 22.8 Å². The molecule has 0 saturated carbocycles. The minimum atomic E-state index is -0.183. The molecule has 1 amide bonds. The molecule has 2 aromatic rings. The van der Waals surface area contributed by atoms with Crippen molar-refractivity contribution in [3.8, 4) is 5.75 Å². The van der Waals surface area contributed by atoms with Gasteiger partial charge in [0, 0.05) is 36.8 Å². The van der Waals surface area contributed by atoms with Crippen molar-refractivity contribution in [2.24, 2.45) is 4.99 Å². The Hall–Kier alpha value is -2.00. The smallest absolute Gasteiger partial charge is 0.251 e. The lowest BCUT2D eigenvalue weighted by Crippen LogP contribution is -2.41. The summed E-state index contributed by atoms with van der Waals surface area (Å²) < 4.78 is 0. The molecule has 8 heteroatoms. The topological polar surface area (TPSA) is 85.8 Å². The minimum absolute atomic E-state index is 0. The maximum absolute atomic E-state index is 12.0. The molecule has 0 aliphatic rings. The van der Waals surface area contributed by atoms with Crippen LogP contribution in [-0.2, 0) is 6.42 Å². The highest BCUT2D eigenvalue weighted by molar-refractivity contribution is 14.0. The number of guanidine groups is 1. The van der Waals surface area contributed by atoms with Crippen LogP contribution >= 0.6 is 35.6 Å². The SMILES string of the molecule is CCNC(=NCCc1ccccc1Cl)NCCNC(=O)c1ccc(O)cc1.I. The number of aromatic hydroxyl groups is 1. The molecule has 0 aliphatic carbocycles. The Labute approximate surface area is 187 Å². The molecule has 0 saturated heterocycles. The molecule has 0 aromatic heterocycles. The van der Waals surface area contributed by atoms with Gasteiger partial charge in [0.25, 0.3) is 5.91 Å². The first-order valence-electron chi connectivity index (χ1n) is 8.93. The Kier molecular flexibility index (Phi) is 11.4. The standard InChI is InChI=1S/C20H25ClN4O2.HI/c1-2-22-20(24-12-11-15-5-3-4-6-18(15)21)25-14-13-23-19(27)16-7-9-17(26)10-8-16;/h3-10,26H,2,11-14H2,1H3,(H,23,27)(H2,22,24,25);1H. The lowest BCUT2D eigenvalue weighted by Gasteiger charge is -2.12. The van der Waals surface area contributed by atoms with Gasteiger partial charge in [0.1, 0.15) is 5.75 Å². The summed E-state index contributed by atoms with van der Waals surface area (Å²) in [5.74, 6) is 0.650. The van der Waals surface area contributed by atoms with E-state index in [1.54, 1.807) is 12.1 Å². The molecule has 0 heterocycles. The van der Waals surface area contributed by atoms with Crippen molar-refractivity contribution >= 4 is 47.4 Å². The molecule has 0 atom stereocenters. The normalized spacial score (nSPS) is 10.7. The lowest BCUT2D eigenvalue weighted by atomic mass is 10.1. The molecule has 0 bridgehead atoms. The highest BCUT2D eigenvalue weighted by Crippen LogP contribution is 2.15. The van der Waals surface area contributed by atoms with Crippen LogP contribution in [0.4, 0.5) is 0 Å². The van der Waals surface area contributed by atoms with Crippen molar-refractivity contribution in [1.29, 1.82) is 0 Å². The number of hydrogen-bond donors (Lipinski definition) is 4. The number of amides is 1. The zero-order valence-corrected chi connectivity index (χ0v) is 18.8. The van der Waals surface area contributed by atoms with Crippen molar-refractivity contribution in [2.75, 3.05) is 26.2 Å². The van der Waals surface area contributed by atoms with Gasteiger partial charge in [-0.1, -0.05) is 29.8 Å². The fraction of sp³-hybridized carbons (Fsp3) is 0.300. The van der Waals surface area contributed by atoms with Crippen LogP contribution in [0, 0.1) is 0 Å². The predicted octanol–water partition coefficient (Wildman–Crippen LogP) is 3.19.